The molecular weight excluding hydrogens is 351 g/mol. The summed E-state index contributed by atoms with van der Waals surface area (Å²) in [5, 5.41) is 6.82. The van der Waals surface area contributed by atoms with E-state index in [1.54, 1.807) is 6.07 Å². The Hall–Kier alpha value is -0.330. The van der Waals surface area contributed by atoms with Gasteiger partial charge in [0.1, 0.15) is 0 Å². The second kappa shape index (κ2) is 5.54. The third-order valence-corrected chi connectivity index (χ3v) is 4.25. The average molecular weight is 365 g/mol. The van der Waals surface area contributed by atoms with Crippen molar-refractivity contribution >= 4 is 45.8 Å². The second-order valence-electron chi connectivity index (χ2n) is 4.32. The van der Waals surface area contributed by atoms with Crippen molar-refractivity contribution in [3.63, 3.8) is 0 Å². The predicted molar refractivity (Wildman–Crippen MR) is 78.3 cm³/mol. The van der Waals surface area contributed by atoms with Crippen molar-refractivity contribution in [3.8, 4) is 0 Å². The third-order valence-electron chi connectivity index (χ3n) is 3.12. The van der Waals surface area contributed by atoms with E-state index in [-0.39, 0.29) is 11.8 Å². The number of rotatable bonds is 3. The minimum Gasteiger partial charge on any atom is -0.325 e. The Morgan fingerprint density at radius 1 is 1.59 bits per heavy atom. The number of carbonyl (C=O) groups is 1. The molecule has 1 saturated heterocycles. The summed E-state index contributed by atoms with van der Waals surface area (Å²) >= 11 is 8.04. The summed E-state index contributed by atoms with van der Waals surface area (Å²) < 4.78 is 0.961. The SMILES string of the molecule is CC(C(=O)Nc1ccc(Cl)cc1I)C1CNC1. The molecule has 0 bridgehead atoms. The quantitative estimate of drug-likeness (QED) is 0.810. The van der Waals surface area contributed by atoms with Gasteiger partial charge in [-0.2, -0.15) is 0 Å². The molecule has 0 spiro atoms. The van der Waals surface area contributed by atoms with Crippen LogP contribution in [-0.4, -0.2) is 19.0 Å². The van der Waals surface area contributed by atoms with Crippen LogP contribution < -0.4 is 10.6 Å². The van der Waals surface area contributed by atoms with E-state index in [1.807, 2.05) is 19.1 Å². The molecule has 3 nitrogen and oxygen atoms in total. The number of benzene rings is 1. The summed E-state index contributed by atoms with van der Waals surface area (Å²) in [4.78, 5) is 12.0. The molecule has 1 unspecified atom stereocenters. The van der Waals surface area contributed by atoms with Crippen LogP contribution in [0.3, 0.4) is 0 Å². The van der Waals surface area contributed by atoms with Crippen molar-refractivity contribution in [2.24, 2.45) is 11.8 Å². The molecule has 1 aromatic rings. The van der Waals surface area contributed by atoms with E-state index >= 15 is 0 Å². The lowest BCUT2D eigenvalue weighted by atomic mass is 9.88. The van der Waals surface area contributed by atoms with Crippen molar-refractivity contribution in [1.82, 2.24) is 5.32 Å². The van der Waals surface area contributed by atoms with Crippen molar-refractivity contribution in [2.45, 2.75) is 6.92 Å². The van der Waals surface area contributed by atoms with Gasteiger partial charge in [0.25, 0.3) is 0 Å². The molecule has 5 heteroatoms. The van der Waals surface area contributed by atoms with Crippen LogP contribution in [0, 0.1) is 15.4 Å². The summed E-state index contributed by atoms with van der Waals surface area (Å²) in [6.07, 6.45) is 0. The highest BCUT2D eigenvalue weighted by Crippen LogP contribution is 2.24. The van der Waals surface area contributed by atoms with Gasteiger partial charge in [-0.3, -0.25) is 4.79 Å². The lowest BCUT2D eigenvalue weighted by molar-refractivity contribution is -0.121. The van der Waals surface area contributed by atoms with Gasteiger partial charge in [-0.1, -0.05) is 18.5 Å². The second-order valence-corrected chi connectivity index (χ2v) is 5.92. The molecule has 0 radical (unpaired) electrons. The highest BCUT2D eigenvalue weighted by atomic mass is 127. The summed E-state index contributed by atoms with van der Waals surface area (Å²) in [7, 11) is 0. The van der Waals surface area contributed by atoms with Crippen LogP contribution in [0.1, 0.15) is 6.92 Å². The number of anilines is 1. The Morgan fingerprint density at radius 3 is 2.82 bits per heavy atom. The molecule has 2 rings (SSSR count). The minimum atomic E-state index is 0.0442. The topological polar surface area (TPSA) is 41.1 Å². The van der Waals surface area contributed by atoms with Gasteiger partial charge in [0, 0.05) is 14.5 Å². The Labute approximate surface area is 119 Å². The molecule has 0 aromatic heterocycles. The lowest BCUT2D eigenvalue weighted by Gasteiger charge is -2.31. The number of hydrogen-bond acceptors (Lipinski definition) is 2. The fourth-order valence-electron chi connectivity index (χ4n) is 1.72. The van der Waals surface area contributed by atoms with Gasteiger partial charge in [0.2, 0.25) is 5.91 Å². The zero-order valence-electron chi connectivity index (χ0n) is 9.47. The van der Waals surface area contributed by atoms with Crippen LogP contribution in [0.4, 0.5) is 5.69 Å². The molecule has 0 aliphatic carbocycles. The van der Waals surface area contributed by atoms with Gasteiger partial charge >= 0.3 is 0 Å². The first-order valence-electron chi connectivity index (χ1n) is 5.54. The van der Waals surface area contributed by atoms with Gasteiger partial charge in [-0.15, -0.1) is 0 Å². The van der Waals surface area contributed by atoms with Crippen molar-refractivity contribution < 1.29 is 4.79 Å². The highest BCUT2D eigenvalue weighted by molar-refractivity contribution is 14.1. The number of halogens is 2. The van der Waals surface area contributed by atoms with E-state index in [0.717, 1.165) is 22.3 Å². The van der Waals surface area contributed by atoms with E-state index in [1.165, 1.54) is 0 Å². The number of nitrogens with one attached hydrogen (secondary N) is 2. The van der Waals surface area contributed by atoms with Gasteiger partial charge in [0.05, 0.1) is 5.69 Å². The molecule has 1 fully saturated rings. The van der Waals surface area contributed by atoms with Crippen LogP contribution in [0.5, 0.6) is 0 Å². The molecular formula is C12H14ClIN2O. The number of amides is 1. The van der Waals surface area contributed by atoms with Crippen LogP contribution in [0.15, 0.2) is 18.2 Å². The molecule has 1 aliphatic heterocycles. The molecule has 17 heavy (non-hydrogen) atoms. The third kappa shape index (κ3) is 3.11. The van der Waals surface area contributed by atoms with Crippen molar-refractivity contribution in [1.29, 1.82) is 0 Å². The lowest BCUT2D eigenvalue weighted by Crippen LogP contribution is -2.48. The molecule has 92 valence electrons. The van der Waals surface area contributed by atoms with Gasteiger partial charge in [-0.05, 0) is 59.8 Å². The molecule has 1 atom stereocenters. The molecule has 1 aliphatic rings. The van der Waals surface area contributed by atoms with Gasteiger partial charge in [-0.25, -0.2) is 0 Å². The summed E-state index contributed by atoms with van der Waals surface area (Å²) in [6.45, 7) is 3.85. The molecule has 1 amide bonds. The first-order chi connectivity index (χ1) is 8.08. The Balaban J connectivity index is 2.02. The number of carbonyl (C=O) groups excluding carboxylic acids is 1. The maximum absolute atomic E-state index is 12.0. The van der Waals surface area contributed by atoms with Crippen molar-refractivity contribution in [2.75, 3.05) is 18.4 Å². The van der Waals surface area contributed by atoms with E-state index in [9.17, 15) is 4.79 Å². The first kappa shape index (κ1) is 13.1. The summed E-state index contributed by atoms with van der Waals surface area (Å²) in [5.41, 5.74) is 0.833. The summed E-state index contributed by atoms with van der Waals surface area (Å²) in [5.74, 6) is 0.583. The molecule has 0 saturated carbocycles. The van der Waals surface area contributed by atoms with Crippen LogP contribution in [0.25, 0.3) is 0 Å². The Kier molecular flexibility index (Phi) is 4.27. The van der Waals surface area contributed by atoms with E-state index in [0.29, 0.717) is 10.9 Å². The van der Waals surface area contributed by atoms with E-state index < -0.39 is 0 Å². The van der Waals surface area contributed by atoms with E-state index in [2.05, 4.69) is 33.2 Å². The molecule has 2 N–H and O–H groups in total. The van der Waals surface area contributed by atoms with E-state index in [4.69, 9.17) is 11.6 Å². The molecule has 1 heterocycles. The first-order valence-corrected chi connectivity index (χ1v) is 7.00. The molecule has 1 aromatic carbocycles. The highest BCUT2D eigenvalue weighted by Gasteiger charge is 2.28. The standard InChI is InChI=1S/C12H14ClIN2O/c1-7(8-5-15-6-8)12(17)16-11-3-2-9(13)4-10(11)14/h2-4,7-8,15H,5-6H2,1H3,(H,16,17). The zero-order chi connectivity index (χ0) is 12.4. The smallest absolute Gasteiger partial charge is 0.227 e. The van der Waals surface area contributed by atoms with Crippen molar-refractivity contribution in [3.05, 3.63) is 26.8 Å². The van der Waals surface area contributed by atoms with Crippen LogP contribution in [-0.2, 0) is 4.79 Å². The Morgan fingerprint density at radius 2 is 2.29 bits per heavy atom. The number of hydrogen-bond donors (Lipinski definition) is 2. The van der Waals surface area contributed by atoms with Gasteiger partial charge < -0.3 is 10.6 Å². The zero-order valence-corrected chi connectivity index (χ0v) is 12.4. The minimum absolute atomic E-state index is 0.0442. The fourth-order valence-corrected chi connectivity index (χ4v) is 2.72. The maximum atomic E-state index is 12.0. The van der Waals surface area contributed by atoms with Crippen LogP contribution >= 0.6 is 34.2 Å². The monoisotopic (exact) mass is 364 g/mol. The Bertz CT molecular complexity index is 435. The predicted octanol–water partition coefficient (Wildman–Crippen LogP) is 2.74. The summed E-state index contributed by atoms with van der Waals surface area (Å²) in [6, 6.07) is 5.47. The largest absolute Gasteiger partial charge is 0.325 e. The maximum Gasteiger partial charge on any atom is 0.227 e. The normalized spacial score (nSPS) is 17.4. The fraction of sp³-hybridized carbons (Fsp3) is 0.417. The average Bonchev–Trinajstić information content (AvgIpc) is 2.19. The van der Waals surface area contributed by atoms with Crippen LogP contribution in [0.2, 0.25) is 5.02 Å². The van der Waals surface area contributed by atoms with Gasteiger partial charge in [0.15, 0.2) is 0 Å².